The predicted molar refractivity (Wildman–Crippen MR) is 94.4 cm³/mol. The van der Waals surface area contributed by atoms with E-state index >= 15 is 0 Å². The van der Waals surface area contributed by atoms with Crippen molar-refractivity contribution >= 4 is 32.4 Å². The summed E-state index contributed by atoms with van der Waals surface area (Å²) in [5, 5.41) is 4.25. The van der Waals surface area contributed by atoms with Crippen LogP contribution in [0.2, 0.25) is 0 Å². The van der Waals surface area contributed by atoms with E-state index in [0.29, 0.717) is 0 Å². The number of nitrogens with zero attached hydrogens (tertiary/aromatic N) is 1. The lowest BCUT2D eigenvalue weighted by Crippen LogP contribution is -1.96. The Hall–Kier alpha value is -2.07. The van der Waals surface area contributed by atoms with Gasteiger partial charge in [-0.2, -0.15) is 0 Å². The zero-order valence-corrected chi connectivity index (χ0v) is 13.5. The first-order valence-corrected chi connectivity index (χ1v) is 8.52. The van der Waals surface area contributed by atoms with Gasteiger partial charge in [-0.15, -0.1) is 0 Å². The molecule has 4 heteroatoms. The van der Waals surface area contributed by atoms with Gasteiger partial charge in [0, 0.05) is 5.69 Å². The fourth-order valence-corrected chi connectivity index (χ4v) is 3.15. The summed E-state index contributed by atoms with van der Waals surface area (Å²) in [4.78, 5) is 4.61. The monoisotopic (exact) mass is 312 g/mol. The van der Waals surface area contributed by atoms with E-state index < -0.39 is 0 Å². The van der Waals surface area contributed by atoms with Crippen molar-refractivity contribution in [2.45, 2.75) is 26.2 Å². The van der Waals surface area contributed by atoms with Crippen LogP contribution in [0.25, 0.3) is 10.2 Å². The molecular weight excluding hydrogens is 292 g/mol. The van der Waals surface area contributed by atoms with Crippen LogP contribution in [0.1, 0.15) is 26.2 Å². The largest absolute Gasteiger partial charge is 0.494 e. The number of anilines is 2. The molecule has 0 aliphatic carbocycles. The minimum absolute atomic E-state index is 0.785. The van der Waals surface area contributed by atoms with Crippen molar-refractivity contribution in [3.8, 4) is 5.75 Å². The van der Waals surface area contributed by atoms with E-state index in [4.69, 9.17) is 4.74 Å². The van der Waals surface area contributed by atoms with Crippen LogP contribution in [-0.2, 0) is 0 Å². The lowest BCUT2D eigenvalue weighted by molar-refractivity contribution is 0.306. The Morgan fingerprint density at radius 3 is 2.77 bits per heavy atom. The van der Waals surface area contributed by atoms with Crippen molar-refractivity contribution in [2.75, 3.05) is 11.9 Å². The fourth-order valence-electron chi connectivity index (χ4n) is 2.24. The summed E-state index contributed by atoms with van der Waals surface area (Å²) < 4.78 is 6.95. The maximum Gasteiger partial charge on any atom is 0.188 e. The molecule has 3 rings (SSSR count). The van der Waals surface area contributed by atoms with Gasteiger partial charge >= 0.3 is 0 Å². The summed E-state index contributed by atoms with van der Waals surface area (Å²) in [5.74, 6) is 0.929. The SMILES string of the molecule is CCCCCOc1ccc2nc(Nc3ccccc3)sc2c1. The Bertz CT molecular complexity index is 724. The van der Waals surface area contributed by atoms with E-state index in [1.807, 2.05) is 42.5 Å². The maximum atomic E-state index is 5.80. The standard InChI is InChI=1S/C18H20N2OS/c1-2-3-7-12-21-15-10-11-16-17(13-15)22-18(20-16)19-14-8-5-4-6-9-14/h4-6,8-11,13H,2-3,7,12H2,1H3,(H,19,20). The minimum atomic E-state index is 0.785. The van der Waals surface area contributed by atoms with Crippen LogP contribution in [0.4, 0.5) is 10.8 Å². The zero-order valence-electron chi connectivity index (χ0n) is 12.7. The van der Waals surface area contributed by atoms with Crippen LogP contribution < -0.4 is 10.1 Å². The Balaban J connectivity index is 1.70. The molecule has 0 bridgehead atoms. The van der Waals surface area contributed by atoms with Gasteiger partial charge in [-0.3, -0.25) is 0 Å². The number of benzene rings is 2. The molecule has 2 aromatic carbocycles. The smallest absolute Gasteiger partial charge is 0.188 e. The van der Waals surface area contributed by atoms with Gasteiger partial charge in [0.1, 0.15) is 5.75 Å². The van der Waals surface area contributed by atoms with Crippen LogP contribution in [0.5, 0.6) is 5.75 Å². The average molecular weight is 312 g/mol. The lowest BCUT2D eigenvalue weighted by atomic mass is 10.3. The molecular formula is C18H20N2OS. The molecule has 0 spiro atoms. The number of fused-ring (bicyclic) bond motifs is 1. The number of aromatic nitrogens is 1. The molecule has 1 N–H and O–H groups in total. The fraction of sp³-hybridized carbons (Fsp3) is 0.278. The molecule has 0 aliphatic heterocycles. The Kier molecular flexibility index (Phi) is 4.91. The van der Waals surface area contributed by atoms with Gasteiger partial charge in [-0.05, 0) is 36.8 Å². The van der Waals surface area contributed by atoms with E-state index in [1.165, 1.54) is 12.8 Å². The molecule has 0 saturated carbocycles. The van der Waals surface area contributed by atoms with E-state index in [-0.39, 0.29) is 0 Å². The summed E-state index contributed by atoms with van der Waals surface area (Å²) in [7, 11) is 0. The molecule has 22 heavy (non-hydrogen) atoms. The molecule has 0 unspecified atom stereocenters. The van der Waals surface area contributed by atoms with Gasteiger partial charge in [0.25, 0.3) is 0 Å². The van der Waals surface area contributed by atoms with Crippen LogP contribution in [0.15, 0.2) is 48.5 Å². The predicted octanol–water partition coefficient (Wildman–Crippen LogP) is 5.61. The molecule has 0 fully saturated rings. The molecule has 3 nitrogen and oxygen atoms in total. The molecule has 0 radical (unpaired) electrons. The zero-order chi connectivity index (χ0) is 15.2. The first-order valence-electron chi connectivity index (χ1n) is 7.70. The highest BCUT2D eigenvalue weighted by molar-refractivity contribution is 7.22. The highest BCUT2D eigenvalue weighted by Gasteiger charge is 2.05. The second kappa shape index (κ2) is 7.27. The summed E-state index contributed by atoms with van der Waals surface area (Å²) in [6, 6.07) is 16.2. The third-order valence-electron chi connectivity index (χ3n) is 3.40. The van der Waals surface area contributed by atoms with Gasteiger partial charge in [0.2, 0.25) is 0 Å². The second-order valence-corrected chi connectivity index (χ2v) is 6.23. The highest BCUT2D eigenvalue weighted by atomic mass is 32.1. The van der Waals surface area contributed by atoms with Crippen molar-refractivity contribution < 1.29 is 4.74 Å². The molecule has 0 atom stereocenters. The Morgan fingerprint density at radius 1 is 1.09 bits per heavy atom. The van der Waals surface area contributed by atoms with Crippen LogP contribution >= 0.6 is 11.3 Å². The van der Waals surface area contributed by atoms with Gasteiger partial charge in [-0.25, -0.2) is 4.98 Å². The van der Waals surface area contributed by atoms with Crippen LogP contribution in [-0.4, -0.2) is 11.6 Å². The van der Waals surface area contributed by atoms with Crippen LogP contribution in [0, 0.1) is 0 Å². The van der Waals surface area contributed by atoms with E-state index in [0.717, 1.165) is 39.8 Å². The molecule has 1 heterocycles. The van der Waals surface area contributed by atoms with Crippen molar-refractivity contribution in [2.24, 2.45) is 0 Å². The van der Waals surface area contributed by atoms with Gasteiger partial charge in [-0.1, -0.05) is 49.3 Å². The van der Waals surface area contributed by atoms with Crippen molar-refractivity contribution in [3.05, 3.63) is 48.5 Å². The topological polar surface area (TPSA) is 34.1 Å². The average Bonchev–Trinajstić information content (AvgIpc) is 2.94. The number of thiazole rings is 1. The quantitative estimate of drug-likeness (QED) is 0.576. The van der Waals surface area contributed by atoms with Gasteiger partial charge in [0.15, 0.2) is 5.13 Å². The summed E-state index contributed by atoms with van der Waals surface area (Å²) in [5.41, 5.74) is 2.06. The number of ether oxygens (including phenoxy) is 1. The normalized spacial score (nSPS) is 10.8. The van der Waals surface area contributed by atoms with Crippen molar-refractivity contribution in [1.82, 2.24) is 4.98 Å². The lowest BCUT2D eigenvalue weighted by Gasteiger charge is -2.04. The number of rotatable bonds is 7. The number of unbranched alkanes of at least 4 members (excludes halogenated alkanes) is 2. The minimum Gasteiger partial charge on any atom is -0.494 e. The third-order valence-corrected chi connectivity index (χ3v) is 4.34. The third kappa shape index (κ3) is 3.77. The summed E-state index contributed by atoms with van der Waals surface area (Å²) >= 11 is 1.65. The first-order chi connectivity index (χ1) is 10.8. The van der Waals surface area contributed by atoms with Gasteiger partial charge in [0.05, 0.1) is 16.8 Å². The number of para-hydroxylation sites is 1. The van der Waals surface area contributed by atoms with Crippen molar-refractivity contribution in [1.29, 1.82) is 0 Å². The second-order valence-electron chi connectivity index (χ2n) is 5.20. The molecule has 114 valence electrons. The van der Waals surface area contributed by atoms with E-state index in [1.54, 1.807) is 11.3 Å². The number of hydrogen-bond donors (Lipinski definition) is 1. The summed E-state index contributed by atoms with van der Waals surface area (Å²) in [6.45, 7) is 2.98. The maximum absolute atomic E-state index is 5.80. The molecule has 3 aromatic rings. The first kappa shape index (κ1) is 14.9. The van der Waals surface area contributed by atoms with Crippen LogP contribution in [0.3, 0.4) is 0 Å². The van der Waals surface area contributed by atoms with E-state index in [9.17, 15) is 0 Å². The van der Waals surface area contributed by atoms with Gasteiger partial charge < -0.3 is 10.1 Å². The molecule has 1 aromatic heterocycles. The molecule has 0 amide bonds. The molecule has 0 saturated heterocycles. The highest BCUT2D eigenvalue weighted by Crippen LogP contribution is 2.31. The number of hydrogen-bond acceptors (Lipinski definition) is 4. The Labute approximate surface area is 135 Å². The van der Waals surface area contributed by atoms with Crippen molar-refractivity contribution in [3.63, 3.8) is 0 Å². The molecule has 0 aliphatic rings. The van der Waals surface area contributed by atoms with E-state index in [2.05, 4.69) is 23.3 Å². The summed E-state index contributed by atoms with van der Waals surface area (Å²) in [6.07, 6.45) is 3.54. The Morgan fingerprint density at radius 2 is 1.95 bits per heavy atom. The number of nitrogens with one attached hydrogen (secondary N) is 1.